The van der Waals surface area contributed by atoms with Crippen LogP contribution in [0.25, 0.3) is 0 Å². The maximum Gasteiger partial charge on any atom is 0.269 e. The number of rotatable bonds is 10. The van der Waals surface area contributed by atoms with Gasteiger partial charge in [0, 0.05) is 42.8 Å². The number of ether oxygens (including phenoxy) is 1. The summed E-state index contributed by atoms with van der Waals surface area (Å²) in [5, 5.41) is 15.7. The number of nitrogens with zero attached hydrogens (tertiary/aromatic N) is 3. The highest BCUT2D eigenvalue weighted by Crippen LogP contribution is 2.16. The van der Waals surface area contributed by atoms with Crippen LogP contribution in [0.5, 0.6) is 0 Å². The van der Waals surface area contributed by atoms with Gasteiger partial charge in [0.15, 0.2) is 5.13 Å². The predicted molar refractivity (Wildman–Crippen MR) is 106 cm³/mol. The molecule has 0 aliphatic rings. The molecule has 2 amide bonds. The molecular formula is C18H22N4O5S. The smallest absolute Gasteiger partial charge is 0.269 e. The van der Waals surface area contributed by atoms with Gasteiger partial charge in [0.05, 0.1) is 10.6 Å². The van der Waals surface area contributed by atoms with E-state index in [0.717, 1.165) is 5.69 Å². The monoisotopic (exact) mass is 406 g/mol. The number of carbonyl (C=O) groups is 2. The first-order chi connectivity index (χ1) is 13.4. The van der Waals surface area contributed by atoms with Crippen molar-refractivity contribution in [1.82, 2.24) is 9.88 Å². The number of hydrogen-bond acceptors (Lipinski definition) is 7. The molecule has 2 rings (SSSR count). The van der Waals surface area contributed by atoms with Gasteiger partial charge in [0.25, 0.3) is 11.6 Å². The van der Waals surface area contributed by atoms with Crippen molar-refractivity contribution >= 4 is 34.0 Å². The number of amides is 2. The van der Waals surface area contributed by atoms with E-state index in [-0.39, 0.29) is 29.6 Å². The van der Waals surface area contributed by atoms with E-state index in [1.807, 2.05) is 19.2 Å². The van der Waals surface area contributed by atoms with Crippen LogP contribution in [0.4, 0.5) is 10.8 Å². The average molecular weight is 406 g/mol. The Morgan fingerprint density at radius 1 is 1.32 bits per heavy atom. The lowest BCUT2D eigenvalue weighted by atomic mass is 10.1. The van der Waals surface area contributed by atoms with E-state index in [1.165, 1.54) is 40.5 Å². The molecule has 9 nitrogen and oxygen atoms in total. The van der Waals surface area contributed by atoms with Crippen LogP contribution < -0.4 is 5.32 Å². The molecule has 0 spiro atoms. The van der Waals surface area contributed by atoms with Gasteiger partial charge < -0.3 is 15.0 Å². The third-order valence-electron chi connectivity index (χ3n) is 3.73. The second-order valence-electron chi connectivity index (χ2n) is 5.92. The van der Waals surface area contributed by atoms with Crippen LogP contribution in [-0.2, 0) is 9.53 Å². The van der Waals surface area contributed by atoms with Crippen LogP contribution in [-0.4, -0.2) is 52.9 Å². The highest BCUT2D eigenvalue weighted by atomic mass is 32.1. The Morgan fingerprint density at radius 3 is 2.61 bits per heavy atom. The standard InChI is InChI=1S/C18H22N4O5S/c1-3-27-10-4-9-21(11-16(23)20-18-19-13(2)12-28-18)17(24)14-5-7-15(8-6-14)22(25)26/h5-8,12H,3-4,9-11H2,1-2H3,(H,19,20,23). The van der Waals surface area contributed by atoms with Gasteiger partial charge in [0.1, 0.15) is 6.54 Å². The van der Waals surface area contributed by atoms with Crippen molar-refractivity contribution < 1.29 is 19.2 Å². The summed E-state index contributed by atoms with van der Waals surface area (Å²) in [6.07, 6.45) is 0.566. The van der Waals surface area contributed by atoms with Crippen LogP contribution in [0, 0.1) is 17.0 Å². The number of nitrogens with one attached hydrogen (secondary N) is 1. The van der Waals surface area contributed by atoms with Crippen LogP contribution >= 0.6 is 11.3 Å². The Hall–Kier alpha value is -2.85. The maximum atomic E-state index is 12.8. The number of carbonyl (C=O) groups excluding carboxylic acids is 2. The Balaban J connectivity index is 2.06. The lowest BCUT2D eigenvalue weighted by Gasteiger charge is -2.22. The van der Waals surface area contributed by atoms with Crippen LogP contribution in [0.2, 0.25) is 0 Å². The highest BCUT2D eigenvalue weighted by Gasteiger charge is 2.20. The molecular weight excluding hydrogens is 384 g/mol. The molecule has 0 bridgehead atoms. The highest BCUT2D eigenvalue weighted by molar-refractivity contribution is 7.13. The van der Waals surface area contributed by atoms with Crippen molar-refractivity contribution in [2.75, 3.05) is 31.6 Å². The second-order valence-corrected chi connectivity index (χ2v) is 6.78. The number of benzene rings is 1. The lowest BCUT2D eigenvalue weighted by molar-refractivity contribution is -0.384. The molecule has 1 aromatic heterocycles. The fraction of sp³-hybridized carbons (Fsp3) is 0.389. The van der Waals surface area contributed by atoms with Crippen molar-refractivity contribution in [2.24, 2.45) is 0 Å². The summed E-state index contributed by atoms with van der Waals surface area (Å²) in [5.74, 6) is -0.738. The summed E-state index contributed by atoms with van der Waals surface area (Å²) in [4.78, 5) is 41.0. The van der Waals surface area contributed by atoms with Crippen molar-refractivity contribution in [3.63, 3.8) is 0 Å². The molecule has 1 heterocycles. The molecule has 2 aromatic rings. The zero-order chi connectivity index (χ0) is 20.5. The zero-order valence-corrected chi connectivity index (χ0v) is 16.5. The Morgan fingerprint density at radius 2 is 2.04 bits per heavy atom. The molecule has 150 valence electrons. The van der Waals surface area contributed by atoms with Gasteiger partial charge in [0.2, 0.25) is 5.91 Å². The summed E-state index contributed by atoms with van der Waals surface area (Å²) in [7, 11) is 0. The minimum atomic E-state index is -0.530. The third-order valence-corrected chi connectivity index (χ3v) is 4.61. The normalized spacial score (nSPS) is 10.5. The first kappa shape index (κ1) is 21.5. The van der Waals surface area contributed by atoms with Crippen LogP contribution in [0.3, 0.4) is 0 Å². The molecule has 1 aromatic carbocycles. The quantitative estimate of drug-likeness (QED) is 0.369. The van der Waals surface area contributed by atoms with Crippen LogP contribution in [0.1, 0.15) is 29.4 Å². The van der Waals surface area contributed by atoms with Crippen molar-refractivity contribution in [1.29, 1.82) is 0 Å². The number of aromatic nitrogens is 1. The number of hydrogen-bond donors (Lipinski definition) is 1. The van der Waals surface area contributed by atoms with Gasteiger partial charge >= 0.3 is 0 Å². The Kier molecular flexibility index (Phi) is 8.02. The largest absolute Gasteiger partial charge is 0.382 e. The van der Waals surface area contributed by atoms with E-state index in [2.05, 4.69) is 10.3 Å². The molecule has 0 aliphatic carbocycles. The van der Waals surface area contributed by atoms with Gasteiger partial charge in [-0.2, -0.15) is 0 Å². The van der Waals surface area contributed by atoms with Gasteiger partial charge in [-0.15, -0.1) is 11.3 Å². The average Bonchev–Trinajstić information content (AvgIpc) is 3.08. The van der Waals surface area contributed by atoms with Gasteiger partial charge in [-0.25, -0.2) is 4.98 Å². The molecule has 0 unspecified atom stereocenters. The van der Waals surface area contributed by atoms with E-state index < -0.39 is 4.92 Å². The first-order valence-corrected chi connectivity index (χ1v) is 9.62. The van der Waals surface area contributed by atoms with Crippen molar-refractivity contribution in [3.05, 3.63) is 51.0 Å². The fourth-order valence-corrected chi connectivity index (χ4v) is 3.11. The first-order valence-electron chi connectivity index (χ1n) is 8.74. The molecule has 0 fully saturated rings. The number of non-ortho nitro benzene ring substituents is 1. The SMILES string of the molecule is CCOCCCN(CC(=O)Nc1nc(C)cs1)C(=O)c1ccc([N+](=O)[O-])cc1. The van der Waals surface area contributed by atoms with Gasteiger partial charge in [-0.05, 0) is 32.4 Å². The topological polar surface area (TPSA) is 115 Å². The lowest BCUT2D eigenvalue weighted by Crippen LogP contribution is -2.39. The Bertz CT molecular complexity index is 822. The minimum absolute atomic E-state index is 0.101. The van der Waals surface area contributed by atoms with E-state index in [9.17, 15) is 19.7 Å². The Labute approximate surface area is 166 Å². The molecule has 10 heteroatoms. The maximum absolute atomic E-state index is 12.8. The summed E-state index contributed by atoms with van der Waals surface area (Å²) in [5.41, 5.74) is 0.979. The second kappa shape index (κ2) is 10.5. The van der Waals surface area contributed by atoms with E-state index in [4.69, 9.17) is 4.74 Å². The van der Waals surface area contributed by atoms with Crippen molar-refractivity contribution in [3.8, 4) is 0 Å². The number of thiazole rings is 1. The molecule has 0 atom stereocenters. The summed E-state index contributed by atoms with van der Waals surface area (Å²) < 4.78 is 5.29. The van der Waals surface area contributed by atoms with E-state index in [0.29, 0.717) is 31.3 Å². The molecule has 1 N–H and O–H groups in total. The number of nitro groups is 1. The van der Waals surface area contributed by atoms with E-state index in [1.54, 1.807) is 0 Å². The van der Waals surface area contributed by atoms with Crippen molar-refractivity contribution in [2.45, 2.75) is 20.3 Å². The van der Waals surface area contributed by atoms with E-state index >= 15 is 0 Å². The summed E-state index contributed by atoms with van der Waals surface area (Å²) in [6, 6.07) is 5.31. The molecule has 0 radical (unpaired) electrons. The number of nitro benzene ring substituents is 1. The molecule has 0 aliphatic heterocycles. The van der Waals surface area contributed by atoms with Gasteiger partial charge in [-0.3, -0.25) is 19.7 Å². The number of anilines is 1. The zero-order valence-electron chi connectivity index (χ0n) is 15.7. The van der Waals surface area contributed by atoms with Gasteiger partial charge in [-0.1, -0.05) is 0 Å². The molecule has 0 saturated carbocycles. The van der Waals surface area contributed by atoms with Crippen LogP contribution in [0.15, 0.2) is 29.6 Å². The molecule has 28 heavy (non-hydrogen) atoms. The predicted octanol–water partition coefficient (Wildman–Crippen LogP) is 2.87. The summed E-state index contributed by atoms with van der Waals surface area (Å²) in [6.45, 7) is 4.91. The minimum Gasteiger partial charge on any atom is -0.382 e. The number of aryl methyl sites for hydroxylation is 1. The molecule has 0 saturated heterocycles. The summed E-state index contributed by atoms with van der Waals surface area (Å²) >= 11 is 1.31. The fourth-order valence-electron chi connectivity index (χ4n) is 2.41. The third kappa shape index (κ3) is 6.39.